The molecule has 3 aromatic rings. The number of halogens is 1. The number of sulfonamides is 1. The molecule has 1 N–H and O–H groups in total. The smallest absolute Gasteiger partial charge is 0.246 e. The summed E-state index contributed by atoms with van der Waals surface area (Å²) in [5.74, 6) is -0.0475. The van der Waals surface area contributed by atoms with Crippen LogP contribution in [0.5, 0.6) is 0 Å². The third-order valence-corrected chi connectivity index (χ3v) is 7.49. The van der Waals surface area contributed by atoms with Crippen molar-refractivity contribution in [3.05, 3.63) is 65.0 Å². The second-order valence-electron chi connectivity index (χ2n) is 7.76. The highest BCUT2D eigenvalue weighted by atomic mass is 35.5. The van der Waals surface area contributed by atoms with Gasteiger partial charge in [0.05, 0.1) is 17.4 Å². The van der Waals surface area contributed by atoms with E-state index in [1.54, 1.807) is 42.5 Å². The average Bonchev–Trinajstić information content (AvgIpc) is 3.27. The van der Waals surface area contributed by atoms with E-state index in [1.807, 2.05) is 13.0 Å². The Labute approximate surface area is 191 Å². The molecule has 1 amide bonds. The summed E-state index contributed by atoms with van der Waals surface area (Å²) in [6.07, 6.45) is 1.23. The van der Waals surface area contributed by atoms with Gasteiger partial charge in [0, 0.05) is 23.7 Å². The number of nitrogens with zero attached hydrogens (tertiary/aromatic N) is 3. The number of nitrogens with one attached hydrogen (secondary N) is 1. The molecule has 1 saturated heterocycles. The normalized spacial score (nSPS) is 17.2. The van der Waals surface area contributed by atoms with Crippen LogP contribution in [0.3, 0.4) is 0 Å². The minimum Gasteiger partial charge on any atom is -0.347 e. The summed E-state index contributed by atoms with van der Waals surface area (Å²) in [6.45, 7) is 2.50. The molecule has 0 saturated carbocycles. The molecule has 168 valence electrons. The summed E-state index contributed by atoms with van der Waals surface area (Å²) < 4.78 is 32.5. The maximum Gasteiger partial charge on any atom is 0.246 e. The number of benzene rings is 2. The fourth-order valence-corrected chi connectivity index (χ4v) is 5.33. The number of hydrogen-bond acceptors (Lipinski definition) is 6. The first kappa shape index (κ1) is 22.4. The number of rotatable bonds is 6. The van der Waals surface area contributed by atoms with Crippen molar-refractivity contribution in [3.8, 4) is 11.4 Å². The average molecular weight is 475 g/mol. The van der Waals surface area contributed by atoms with Crippen LogP contribution in [0.2, 0.25) is 5.02 Å². The molecule has 1 atom stereocenters. The molecule has 0 bridgehead atoms. The minimum atomic E-state index is -3.64. The Morgan fingerprint density at radius 1 is 1.25 bits per heavy atom. The van der Waals surface area contributed by atoms with Crippen molar-refractivity contribution in [1.82, 2.24) is 19.8 Å². The number of hydrogen-bond donors (Lipinski definition) is 1. The van der Waals surface area contributed by atoms with Crippen LogP contribution in [-0.2, 0) is 21.4 Å². The Hall–Kier alpha value is -2.75. The Morgan fingerprint density at radius 2 is 2.03 bits per heavy atom. The van der Waals surface area contributed by atoms with E-state index in [1.165, 1.54) is 4.31 Å². The number of aryl methyl sites for hydroxylation is 1. The fraction of sp³-hybridized carbons (Fsp3) is 0.318. The zero-order valence-corrected chi connectivity index (χ0v) is 19.1. The van der Waals surface area contributed by atoms with Crippen molar-refractivity contribution in [2.45, 2.75) is 31.2 Å². The second-order valence-corrected chi connectivity index (χ2v) is 10.1. The standard InChI is InChI=1S/C22H23ClN4O4S/c1-15-7-9-19(10-8-15)32(29,30)27-11-3-5-17(14-27)22(28)24-13-20-25-21(26-31-20)16-4-2-6-18(23)12-16/h2,4,6-10,12,17H,3,5,11,13-14H2,1H3,(H,24,28). The molecule has 2 heterocycles. The molecule has 1 aliphatic rings. The summed E-state index contributed by atoms with van der Waals surface area (Å²) in [7, 11) is -3.64. The van der Waals surface area contributed by atoms with Crippen LogP contribution in [0.4, 0.5) is 0 Å². The van der Waals surface area contributed by atoms with E-state index in [2.05, 4.69) is 15.5 Å². The van der Waals surface area contributed by atoms with Gasteiger partial charge in [-0.2, -0.15) is 9.29 Å². The van der Waals surface area contributed by atoms with Crippen LogP contribution in [0.1, 0.15) is 24.3 Å². The van der Waals surface area contributed by atoms with E-state index in [9.17, 15) is 13.2 Å². The third-order valence-electron chi connectivity index (χ3n) is 5.38. The van der Waals surface area contributed by atoms with Gasteiger partial charge in [-0.05, 0) is 44.0 Å². The van der Waals surface area contributed by atoms with E-state index in [-0.39, 0.29) is 29.8 Å². The Bertz CT molecular complexity index is 1210. The molecule has 1 aliphatic heterocycles. The third kappa shape index (κ3) is 5.01. The highest BCUT2D eigenvalue weighted by Gasteiger charge is 2.33. The minimum absolute atomic E-state index is 0.0631. The molecule has 8 nitrogen and oxygen atoms in total. The molecule has 1 aromatic heterocycles. The highest BCUT2D eigenvalue weighted by Crippen LogP contribution is 2.24. The number of carbonyl (C=O) groups is 1. The monoisotopic (exact) mass is 474 g/mol. The van der Waals surface area contributed by atoms with Crippen LogP contribution in [0.15, 0.2) is 57.9 Å². The lowest BCUT2D eigenvalue weighted by atomic mass is 9.99. The molecule has 0 radical (unpaired) electrons. The van der Waals surface area contributed by atoms with Crippen LogP contribution < -0.4 is 5.32 Å². The molecule has 1 unspecified atom stereocenters. The largest absolute Gasteiger partial charge is 0.347 e. The summed E-state index contributed by atoms with van der Waals surface area (Å²) in [4.78, 5) is 17.2. The van der Waals surface area contributed by atoms with Crippen molar-refractivity contribution in [2.24, 2.45) is 5.92 Å². The first-order chi connectivity index (χ1) is 15.3. The van der Waals surface area contributed by atoms with Crippen molar-refractivity contribution in [1.29, 1.82) is 0 Å². The van der Waals surface area contributed by atoms with Gasteiger partial charge in [0.2, 0.25) is 27.6 Å². The Morgan fingerprint density at radius 3 is 2.78 bits per heavy atom. The van der Waals surface area contributed by atoms with Gasteiger partial charge in [0.25, 0.3) is 0 Å². The molecule has 0 aliphatic carbocycles. The first-order valence-electron chi connectivity index (χ1n) is 10.3. The van der Waals surface area contributed by atoms with E-state index in [4.69, 9.17) is 16.1 Å². The first-order valence-corrected chi connectivity index (χ1v) is 12.1. The molecule has 2 aromatic carbocycles. The molecule has 4 rings (SSSR count). The highest BCUT2D eigenvalue weighted by molar-refractivity contribution is 7.89. The van der Waals surface area contributed by atoms with Crippen molar-refractivity contribution >= 4 is 27.5 Å². The summed E-state index contributed by atoms with van der Waals surface area (Å²) in [5, 5.41) is 7.26. The number of aromatic nitrogens is 2. The maximum absolute atomic E-state index is 13.0. The second kappa shape index (κ2) is 9.40. The van der Waals surface area contributed by atoms with Crippen LogP contribution in [0.25, 0.3) is 11.4 Å². The number of piperidine rings is 1. The number of amides is 1. The van der Waals surface area contributed by atoms with Crippen molar-refractivity contribution in [2.75, 3.05) is 13.1 Å². The zero-order valence-electron chi connectivity index (χ0n) is 17.5. The lowest BCUT2D eigenvalue weighted by Gasteiger charge is -2.31. The fourth-order valence-electron chi connectivity index (χ4n) is 3.61. The predicted octanol–water partition coefficient (Wildman–Crippen LogP) is 3.42. The topological polar surface area (TPSA) is 105 Å². The van der Waals surface area contributed by atoms with Crippen LogP contribution in [-0.4, -0.2) is 41.9 Å². The molecule has 1 fully saturated rings. The SMILES string of the molecule is Cc1ccc(S(=O)(=O)N2CCCC(C(=O)NCc3nc(-c4cccc(Cl)c4)no3)C2)cc1. The van der Waals surface area contributed by atoms with Crippen molar-refractivity contribution in [3.63, 3.8) is 0 Å². The van der Waals surface area contributed by atoms with E-state index in [0.717, 1.165) is 5.56 Å². The Balaban J connectivity index is 1.37. The van der Waals surface area contributed by atoms with Gasteiger partial charge in [0.1, 0.15) is 0 Å². The number of carbonyl (C=O) groups excluding carboxylic acids is 1. The lowest BCUT2D eigenvalue weighted by molar-refractivity contribution is -0.126. The summed E-state index contributed by atoms with van der Waals surface area (Å²) >= 11 is 5.99. The van der Waals surface area contributed by atoms with E-state index >= 15 is 0 Å². The summed E-state index contributed by atoms with van der Waals surface area (Å²) in [6, 6.07) is 13.8. The quantitative estimate of drug-likeness (QED) is 0.586. The van der Waals surface area contributed by atoms with Gasteiger partial charge in [-0.25, -0.2) is 8.42 Å². The van der Waals surface area contributed by atoms with Gasteiger partial charge >= 0.3 is 0 Å². The zero-order chi connectivity index (χ0) is 22.7. The Kier molecular flexibility index (Phi) is 6.59. The maximum atomic E-state index is 13.0. The van der Waals surface area contributed by atoms with Crippen molar-refractivity contribution < 1.29 is 17.7 Å². The van der Waals surface area contributed by atoms with E-state index in [0.29, 0.717) is 35.8 Å². The molecular weight excluding hydrogens is 452 g/mol. The van der Waals surface area contributed by atoms with Gasteiger partial charge in [-0.15, -0.1) is 0 Å². The van der Waals surface area contributed by atoms with Gasteiger partial charge < -0.3 is 9.84 Å². The van der Waals surface area contributed by atoms with Gasteiger partial charge in [-0.3, -0.25) is 4.79 Å². The predicted molar refractivity (Wildman–Crippen MR) is 119 cm³/mol. The molecule has 10 heteroatoms. The summed E-state index contributed by atoms with van der Waals surface area (Å²) in [5.41, 5.74) is 1.70. The van der Waals surface area contributed by atoms with Crippen LogP contribution >= 0.6 is 11.6 Å². The van der Waals surface area contributed by atoms with Crippen LogP contribution in [0, 0.1) is 12.8 Å². The lowest BCUT2D eigenvalue weighted by Crippen LogP contribution is -2.45. The molecular formula is C22H23ClN4O4S. The van der Waals surface area contributed by atoms with E-state index < -0.39 is 15.9 Å². The molecule has 32 heavy (non-hydrogen) atoms. The molecule has 0 spiro atoms. The van der Waals surface area contributed by atoms with Gasteiger partial charge in [0.15, 0.2) is 0 Å². The van der Waals surface area contributed by atoms with Gasteiger partial charge in [-0.1, -0.05) is 46.6 Å².